The molecule has 1 unspecified atom stereocenters. The lowest BCUT2D eigenvalue weighted by molar-refractivity contribution is 0.173. The molecule has 0 aliphatic heterocycles. The monoisotopic (exact) mass is 277 g/mol. The van der Waals surface area contributed by atoms with Crippen LogP contribution in [0.4, 0.5) is 0 Å². The van der Waals surface area contributed by atoms with Crippen molar-refractivity contribution in [3.05, 3.63) is 28.8 Å². The van der Waals surface area contributed by atoms with Crippen molar-refractivity contribution in [3.63, 3.8) is 0 Å². The fourth-order valence-electron chi connectivity index (χ4n) is 2.25. The maximum absolute atomic E-state index is 6.17. The summed E-state index contributed by atoms with van der Waals surface area (Å²) in [5.41, 5.74) is 3.96. The van der Waals surface area contributed by atoms with Gasteiger partial charge in [0.2, 0.25) is 0 Å². The molecule has 0 aromatic heterocycles. The van der Waals surface area contributed by atoms with Gasteiger partial charge in [0.15, 0.2) is 0 Å². The zero-order chi connectivity index (χ0) is 15.3. The molecule has 0 radical (unpaired) electrons. The van der Waals surface area contributed by atoms with Crippen molar-refractivity contribution in [2.45, 2.75) is 60.9 Å². The molecule has 0 amide bonds. The van der Waals surface area contributed by atoms with Gasteiger partial charge in [0, 0.05) is 6.04 Å². The molecular formula is C18H31NO. The van der Waals surface area contributed by atoms with Crippen LogP contribution in [0.25, 0.3) is 0 Å². The van der Waals surface area contributed by atoms with Crippen LogP contribution in [0.3, 0.4) is 0 Å². The van der Waals surface area contributed by atoms with Gasteiger partial charge in [-0.2, -0.15) is 0 Å². The number of hydrogen-bond acceptors (Lipinski definition) is 2. The van der Waals surface area contributed by atoms with E-state index in [9.17, 15) is 0 Å². The van der Waals surface area contributed by atoms with Gasteiger partial charge in [0.25, 0.3) is 0 Å². The summed E-state index contributed by atoms with van der Waals surface area (Å²) in [6.07, 6.45) is 1.15. The third-order valence-corrected chi connectivity index (χ3v) is 3.95. The molecule has 1 rings (SSSR count). The summed E-state index contributed by atoms with van der Waals surface area (Å²) in [4.78, 5) is 0. The number of benzene rings is 1. The van der Waals surface area contributed by atoms with E-state index in [1.54, 1.807) is 0 Å². The highest BCUT2D eigenvalue weighted by Gasteiger charge is 2.25. The fraction of sp³-hybridized carbons (Fsp3) is 0.667. The minimum Gasteiger partial charge on any atom is -0.491 e. The molecule has 1 aromatic rings. The topological polar surface area (TPSA) is 21.3 Å². The Morgan fingerprint density at radius 3 is 2.25 bits per heavy atom. The van der Waals surface area contributed by atoms with Gasteiger partial charge in [-0.15, -0.1) is 0 Å². The molecule has 2 nitrogen and oxygen atoms in total. The quantitative estimate of drug-likeness (QED) is 0.832. The molecule has 1 atom stereocenters. The van der Waals surface area contributed by atoms with E-state index in [1.165, 1.54) is 16.7 Å². The van der Waals surface area contributed by atoms with Crippen molar-refractivity contribution in [2.75, 3.05) is 13.2 Å². The van der Waals surface area contributed by atoms with Crippen LogP contribution in [0.2, 0.25) is 0 Å². The van der Waals surface area contributed by atoms with Crippen LogP contribution in [0.15, 0.2) is 12.1 Å². The molecule has 20 heavy (non-hydrogen) atoms. The van der Waals surface area contributed by atoms with Gasteiger partial charge < -0.3 is 10.1 Å². The maximum Gasteiger partial charge on any atom is 0.125 e. The van der Waals surface area contributed by atoms with E-state index in [0.29, 0.717) is 12.6 Å². The van der Waals surface area contributed by atoms with Crippen molar-refractivity contribution in [2.24, 2.45) is 5.41 Å². The number of aryl methyl sites for hydroxylation is 2. The lowest BCUT2D eigenvalue weighted by Gasteiger charge is -2.32. The number of ether oxygens (including phenoxy) is 1. The van der Waals surface area contributed by atoms with Crippen LogP contribution in [0.1, 0.15) is 50.8 Å². The van der Waals surface area contributed by atoms with Gasteiger partial charge in [0.1, 0.15) is 12.4 Å². The van der Waals surface area contributed by atoms with E-state index < -0.39 is 0 Å². The summed E-state index contributed by atoms with van der Waals surface area (Å²) >= 11 is 0. The van der Waals surface area contributed by atoms with Crippen LogP contribution >= 0.6 is 0 Å². The summed E-state index contributed by atoms with van der Waals surface area (Å²) in [7, 11) is 0. The van der Waals surface area contributed by atoms with E-state index in [-0.39, 0.29) is 5.41 Å². The first kappa shape index (κ1) is 17.0. The molecule has 0 saturated carbocycles. The van der Waals surface area contributed by atoms with E-state index in [2.05, 4.69) is 65.9 Å². The molecule has 1 aromatic carbocycles. The van der Waals surface area contributed by atoms with Gasteiger partial charge in [-0.05, 0) is 55.8 Å². The Morgan fingerprint density at radius 2 is 1.70 bits per heavy atom. The summed E-state index contributed by atoms with van der Waals surface area (Å²) < 4.78 is 6.17. The van der Waals surface area contributed by atoms with Crippen molar-refractivity contribution >= 4 is 0 Å². The molecule has 0 fully saturated rings. The fourth-order valence-corrected chi connectivity index (χ4v) is 2.25. The van der Waals surface area contributed by atoms with Gasteiger partial charge in [-0.1, -0.05) is 39.8 Å². The first-order chi connectivity index (χ1) is 9.27. The van der Waals surface area contributed by atoms with E-state index in [1.807, 2.05) is 0 Å². The minimum atomic E-state index is 0.195. The van der Waals surface area contributed by atoms with Crippen LogP contribution in [-0.2, 0) is 0 Å². The molecule has 2 heteroatoms. The Balaban J connectivity index is 2.80. The highest BCUT2D eigenvalue weighted by molar-refractivity contribution is 5.44. The van der Waals surface area contributed by atoms with Crippen LogP contribution in [-0.4, -0.2) is 19.2 Å². The predicted octanol–water partition coefficient (Wildman–Crippen LogP) is 4.40. The number of rotatable bonds is 6. The van der Waals surface area contributed by atoms with Crippen molar-refractivity contribution in [1.29, 1.82) is 0 Å². The van der Waals surface area contributed by atoms with Crippen molar-refractivity contribution in [1.82, 2.24) is 5.32 Å². The summed E-state index contributed by atoms with van der Waals surface area (Å²) in [5.74, 6) is 1.05. The standard InChI is InChI=1S/C18H31NO/c1-8-11-19-16(18(5,6)7)12-20-17-14(3)10-9-13(2)15(17)4/h9-10,16,19H,8,11-12H2,1-7H3. The van der Waals surface area contributed by atoms with Gasteiger partial charge in [-0.25, -0.2) is 0 Å². The van der Waals surface area contributed by atoms with Crippen LogP contribution in [0, 0.1) is 26.2 Å². The number of hydrogen-bond donors (Lipinski definition) is 1. The molecule has 114 valence electrons. The summed E-state index contributed by atoms with van der Waals surface area (Å²) in [6.45, 7) is 17.1. The van der Waals surface area contributed by atoms with Crippen molar-refractivity contribution < 1.29 is 4.74 Å². The van der Waals surface area contributed by atoms with E-state index in [4.69, 9.17) is 4.74 Å². The minimum absolute atomic E-state index is 0.195. The lowest BCUT2D eigenvalue weighted by Crippen LogP contribution is -2.45. The highest BCUT2D eigenvalue weighted by atomic mass is 16.5. The third kappa shape index (κ3) is 4.52. The molecule has 0 bridgehead atoms. The van der Waals surface area contributed by atoms with Gasteiger partial charge in [-0.3, -0.25) is 0 Å². The largest absolute Gasteiger partial charge is 0.491 e. The Labute approximate surface area is 124 Å². The highest BCUT2D eigenvalue weighted by Crippen LogP contribution is 2.27. The first-order valence-corrected chi connectivity index (χ1v) is 7.70. The normalized spacial score (nSPS) is 13.3. The average Bonchev–Trinajstić information content (AvgIpc) is 2.36. The number of nitrogens with one attached hydrogen (secondary N) is 1. The molecule has 0 spiro atoms. The average molecular weight is 277 g/mol. The Kier molecular flexibility index (Phi) is 6.07. The van der Waals surface area contributed by atoms with Gasteiger partial charge in [0.05, 0.1) is 0 Å². The van der Waals surface area contributed by atoms with E-state index in [0.717, 1.165) is 18.7 Å². The second-order valence-electron chi connectivity index (χ2n) is 6.84. The Morgan fingerprint density at radius 1 is 1.10 bits per heavy atom. The zero-order valence-corrected chi connectivity index (χ0v) is 14.3. The molecule has 1 N–H and O–H groups in total. The predicted molar refractivity (Wildman–Crippen MR) is 87.7 cm³/mol. The van der Waals surface area contributed by atoms with Crippen LogP contribution < -0.4 is 10.1 Å². The Hall–Kier alpha value is -1.02. The molecule has 0 heterocycles. The second-order valence-corrected chi connectivity index (χ2v) is 6.84. The molecule has 0 aliphatic carbocycles. The maximum atomic E-state index is 6.17. The molecule has 0 saturated heterocycles. The third-order valence-electron chi connectivity index (χ3n) is 3.95. The SMILES string of the molecule is CCCNC(COc1c(C)ccc(C)c1C)C(C)(C)C. The van der Waals surface area contributed by atoms with Gasteiger partial charge >= 0.3 is 0 Å². The molecule has 0 aliphatic rings. The summed E-state index contributed by atoms with van der Waals surface area (Å²) in [6, 6.07) is 4.67. The molecular weight excluding hydrogens is 246 g/mol. The lowest BCUT2D eigenvalue weighted by atomic mass is 9.87. The van der Waals surface area contributed by atoms with E-state index >= 15 is 0 Å². The Bertz CT molecular complexity index is 432. The van der Waals surface area contributed by atoms with Crippen LogP contribution in [0.5, 0.6) is 5.75 Å². The first-order valence-electron chi connectivity index (χ1n) is 7.70. The summed E-state index contributed by atoms with van der Waals surface area (Å²) in [5, 5.41) is 3.61. The zero-order valence-electron chi connectivity index (χ0n) is 14.3. The van der Waals surface area contributed by atoms with Crippen molar-refractivity contribution in [3.8, 4) is 5.75 Å². The second kappa shape index (κ2) is 7.12. The smallest absolute Gasteiger partial charge is 0.125 e.